The maximum Gasteiger partial charge on any atom is 0.273 e. The van der Waals surface area contributed by atoms with Crippen LogP contribution in [0.15, 0.2) is 78.9 Å². The lowest BCUT2D eigenvalue weighted by Gasteiger charge is -2.05. The molecule has 1 aliphatic rings. The van der Waals surface area contributed by atoms with Crippen LogP contribution >= 0.6 is 0 Å². The first kappa shape index (κ1) is 13.9. The number of rotatable bonds is 1. The van der Waals surface area contributed by atoms with Crippen LogP contribution < -0.4 is 0 Å². The van der Waals surface area contributed by atoms with Gasteiger partial charge in [0.2, 0.25) is 5.69 Å². The lowest BCUT2D eigenvalue weighted by molar-refractivity contribution is -0.355. The van der Waals surface area contributed by atoms with E-state index < -0.39 is 0 Å². The van der Waals surface area contributed by atoms with Crippen molar-refractivity contribution in [2.24, 2.45) is 0 Å². The first-order chi connectivity index (χ1) is 12.2. The summed E-state index contributed by atoms with van der Waals surface area (Å²) in [6.45, 7) is 0. The summed E-state index contributed by atoms with van der Waals surface area (Å²) in [4.78, 5) is 13.0. The van der Waals surface area contributed by atoms with Crippen LogP contribution in [0, 0.1) is 5.21 Å². The van der Waals surface area contributed by atoms with Crippen LogP contribution in [0.25, 0.3) is 21.5 Å². The van der Waals surface area contributed by atoms with Gasteiger partial charge < -0.3 is 5.21 Å². The lowest BCUT2D eigenvalue weighted by Crippen LogP contribution is -2.16. The topological polar surface area (TPSA) is 43.1 Å². The standard InChI is InChI=1S/C22H13NO2/c24-22-19-12-15-7-1-2-8-16(15)13-20(19)23(25)21(22)18-11-5-9-14-6-3-4-10-17(14)18/h1-13H. The highest BCUT2D eigenvalue weighted by molar-refractivity contribution is 6.53. The molecule has 4 aromatic rings. The third-order valence-electron chi connectivity index (χ3n) is 4.79. The smallest absolute Gasteiger partial charge is 0.273 e. The Hall–Kier alpha value is -3.46. The van der Waals surface area contributed by atoms with Crippen molar-refractivity contribution in [2.75, 3.05) is 0 Å². The van der Waals surface area contributed by atoms with Crippen molar-refractivity contribution in [3.8, 4) is 0 Å². The monoisotopic (exact) mass is 323 g/mol. The molecule has 3 nitrogen and oxygen atoms in total. The zero-order valence-electron chi connectivity index (χ0n) is 13.3. The van der Waals surface area contributed by atoms with E-state index in [4.69, 9.17) is 0 Å². The third-order valence-corrected chi connectivity index (χ3v) is 4.79. The van der Waals surface area contributed by atoms with Crippen LogP contribution in [0.5, 0.6) is 0 Å². The molecule has 1 aliphatic heterocycles. The fourth-order valence-corrected chi connectivity index (χ4v) is 3.58. The Morgan fingerprint density at radius 2 is 1.32 bits per heavy atom. The maximum atomic E-state index is 13.0. The molecule has 4 aromatic carbocycles. The van der Waals surface area contributed by atoms with E-state index in [-0.39, 0.29) is 11.5 Å². The van der Waals surface area contributed by atoms with Gasteiger partial charge in [0.05, 0.1) is 5.56 Å². The molecule has 0 N–H and O–H groups in total. The van der Waals surface area contributed by atoms with Crippen molar-refractivity contribution in [2.45, 2.75) is 0 Å². The molecular formula is C22H13NO2. The van der Waals surface area contributed by atoms with E-state index in [9.17, 15) is 10.0 Å². The van der Waals surface area contributed by atoms with Gasteiger partial charge in [0.25, 0.3) is 11.5 Å². The molecule has 1 heterocycles. The number of hydrogen-bond acceptors (Lipinski definition) is 2. The Bertz CT molecular complexity index is 1220. The number of hydrogen-bond donors (Lipinski definition) is 0. The van der Waals surface area contributed by atoms with E-state index in [1.54, 1.807) is 6.07 Å². The molecule has 0 bridgehead atoms. The predicted molar refractivity (Wildman–Crippen MR) is 99.6 cm³/mol. The van der Waals surface area contributed by atoms with E-state index in [1.807, 2.05) is 72.8 Å². The van der Waals surface area contributed by atoms with Gasteiger partial charge in [0.15, 0.2) is 0 Å². The summed E-state index contributed by atoms with van der Waals surface area (Å²) in [7, 11) is 0. The van der Waals surface area contributed by atoms with Gasteiger partial charge in [-0.3, -0.25) is 4.79 Å². The molecule has 0 atom stereocenters. The average Bonchev–Trinajstić information content (AvgIpc) is 2.90. The minimum absolute atomic E-state index is 0.196. The maximum absolute atomic E-state index is 13.0. The van der Waals surface area contributed by atoms with Crippen LogP contribution in [-0.2, 0) is 0 Å². The molecule has 0 aliphatic carbocycles. The second-order valence-corrected chi connectivity index (χ2v) is 6.22. The summed E-state index contributed by atoms with van der Waals surface area (Å²) in [5, 5.41) is 16.8. The van der Waals surface area contributed by atoms with Gasteiger partial charge in [-0.15, -0.1) is 0 Å². The second-order valence-electron chi connectivity index (χ2n) is 6.22. The number of nitrogens with zero attached hydrogens (tertiary/aromatic N) is 1. The van der Waals surface area contributed by atoms with Crippen molar-refractivity contribution in [3.05, 3.63) is 95.2 Å². The zero-order valence-corrected chi connectivity index (χ0v) is 13.3. The Balaban J connectivity index is 1.80. The number of carbonyl (C=O) groups is 1. The highest BCUT2D eigenvalue weighted by Gasteiger charge is 2.37. The van der Waals surface area contributed by atoms with Crippen LogP contribution in [0.3, 0.4) is 0 Å². The van der Waals surface area contributed by atoms with E-state index in [1.165, 1.54) is 0 Å². The van der Waals surface area contributed by atoms with Gasteiger partial charge in [0.1, 0.15) is 5.56 Å². The summed E-state index contributed by atoms with van der Waals surface area (Å²) in [5.74, 6) is -0.216. The highest BCUT2D eigenvalue weighted by Crippen LogP contribution is 2.33. The van der Waals surface area contributed by atoms with Gasteiger partial charge in [-0.1, -0.05) is 60.7 Å². The van der Waals surface area contributed by atoms with Gasteiger partial charge in [0, 0.05) is 6.07 Å². The number of carbonyl (C=O) groups excluding carboxylic acids is 1. The molecule has 118 valence electrons. The van der Waals surface area contributed by atoms with Gasteiger partial charge in [-0.25, -0.2) is 0 Å². The predicted octanol–water partition coefficient (Wildman–Crippen LogP) is 4.82. The van der Waals surface area contributed by atoms with E-state index in [2.05, 4.69) is 0 Å². The number of ketones is 1. The van der Waals surface area contributed by atoms with E-state index in [0.29, 0.717) is 16.8 Å². The Labute approximate surface area is 144 Å². The van der Waals surface area contributed by atoms with Crippen LogP contribution in [0.4, 0.5) is 5.69 Å². The van der Waals surface area contributed by atoms with Crippen molar-refractivity contribution in [1.29, 1.82) is 0 Å². The van der Waals surface area contributed by atoms with Crippen LogP contribution in [-0.4, -0.2) is 16.2 Å². The fraction of sp³-hybridized carbons (Fsp3) is 0. The molecule has 0 saturated heterocycles. The SMILES string of the molecule is O=C1C(c2cccc3ccccc23)=[N+]([O-])c2cc3ccccc3cc21. The van der Waals surface area contributed by atoms with Crippen molar-refractivity contribution in [3.63, 3.8) is 0 Å². The van der Waals surface area contributed by atoms with Crippen LogP contribution in [0.2, 0.25) is 0 Å². The fourth-order valence-electron chi connectivity index (χ4n) is 3.58. The first-order valence-corrected chi connectivity index (χ1v) is 8.14. The average molecular weight is 323 g/mol. The summed E-state index contributed by atoms with van der Waals surface area (Å²) < 4.78 is 0.784. The quantitative estimate of drug-likeness (QED) is 0.372. The molecular weight excluding hydrogens is 310 g/mol. The summed E-state index contributed by atoms with van der Waals surface area (Å²) in [6.07, 6.45) is 0. The van der Waals surface area contributed by atoms with Gasteiger partial charge in [-0.05, 0) is 33.7 Å². The minimum Gasteiger partial charge on any atom is -0.618 e. The summed E-state index contributed by atoms with van der Waals surface area (Å²) in [6, 6.07) is 24.9. The van der Waals surface area contributed by atoms with Crippen molar-refractivity contribution >= 4 is 38.7 Å². The molecule has 0 saturated carbocycles. The minimum atomic E-state index is -0.216. The van der Waals surface area contributed by atoms with Crippen molar-refractivity contribution in [1.82, 2.24) is 0 Å². The van der Waals surface area contributed by atoms with Crippen LogP contribution in [0.1, 0.15) is 15.9 Å². The Morgan fingerprint density at radius 1 is 0.680 bits per heavy atom. The number of fused-ring (bicyclic) bond motifs is 3. The lowest BCUT2D eigenvalue weighted by atomic mass is 9.96. The van der Waals surface area contributed by atoms with E-state index >= 15 is 0 Å². The van der Waals surface area contributed by atoms with Crippen molar-refractivity contribution < 1.29 is 9.53 Å². The second kappa shape index (κ2) is 5.02. The number of Topliss-reactive ketones (excluding diaryl/α,β-unsaturated/α-hetero) is 1. The molecule has 0 fully saturated rings. The van der Waals surface area contributed by atoms with Gasteiger partial charge in [-0.2, -0.15) is 4.74 Å². The molecule has 3 heteroatoms. The Kier molecular flexibility index (Phi) is 2.80. The molecule has 25 heavy (non-hydrogen) atoms. The van der Waals surface area contributed by atoms with E-state index in [0.717, 1.165) is 26.3 Å². The molecule has 0 unspecified atom stereocenters. The first-order valence-electron chi connectivity index (χ1n) is 8.14. The molecule has 0 radical (unpaired) electrons. The summed E-state index contributed by atoms with van der Waals surface area (Å²) in [5.41, 5.74) is 1.77. The molecule has 0 spiro atoms. The molecule has 0 amide bonds. The number of benzene rings is 4. The van der Waals surface area contributed by atoms with Gasteiger partial charge >= 0.3 is 0 Å². The third kappa shape index (κ3) is 1.93. The summed E-state index contributed by atoms with van der Waals surface area (Å²) >= 11 is 0. The normalized spacial score (nSPS) is 13.7. The largest absolute Gasteiger partial charge is 0.618 e. The molecule has 5 rings (SSSR count). The zero-order chi connectivity index (χ0) is 17.0. The molecule has 0 aromatic heterocycles. The Morgan fingerprint density at radius 3 is 2.12 bits per heavy atom. The highest BCUT2D eigenvalue weighted by atomic mass is 16.5.